The highest BCUT2D eigenvalue weighted by Gasteiger charge is 2.08. The van der Waals surface area contributed by atoms with Gasteiger partial charge in [-0.25, -0.2) is 18.0 Å². The van der Waals surface area contributed by atoms with E-state index in [1.165, 1.54) is 0 Å². The molecule has 0 fully saturated rings. The van der Waals surface area contributed by atoms with Crippen molar-refractivity contribution in [1.29, 1.82) is 0 Å². The van der Waals surface area contributed by atoms with Crippen LogP contribution in [0.2, 0.25) is 0 Å². The number of carboxylic acid groups (broad SMARTS) is 1. The van der Waals surface area contributed by atoms with Crippen molar-refractivity contribution in [2.75, 3.05) is 0 Å². The second-order valence-corrected chi connectivity index (χ2v) is 2.47. The Morgan fingerprint density at radius 2 is 1.71 bits per heavy atom. The molecule has 0 unspecified atom stereocenters. The van der Waals surface area contributed by atoms with Crippen LogP contribution in [0.5, 0.6) is 0 Å². The summed E-state index contributed by atoms with van der Waals surface area (Å²) in [6, 6.07) is 1.41. The minimum atomic E-state index is -1.57. The molecule has 0 heterocycles. The summed E-state index contributed by atoms with van der Waals surface area (Å²) in [6.07, 6.45) is 1.67. The van der Waals surface area contributed by atoms with Crippen molar-refractivity contribution in [1.82, 2.24) is 0 Å². The molecule has 5 heteroatoms. The zero-order valence-corrected chi connectivity index (χ0v) is 6.80. The molecule has 74 valence electrons. The topological polar surface area (TPSA) is 37.3 Å². The summed E-state index contributed by atoms with van der Waals surface area (Å²) >= 11 is 0. The average molecular weight is 202 g/mol. The molecular formula is C9H5F3O2. The van der Waals surface area contributed by atoms with Crippen LogP contribution in [0.4, 0.5) is 13.2 Å². The maximum absolute atomic E-state index is 12.6. The zero-order valence-electron chi connectivity index (χ0n) is 6.80. The first kappa shape index (κ1) is 10.3. The molecule has 0 amide bonds. The van der Waals surface area contributed by atoms with Gasteiger partial charge in [-0.15, -0.1) is 0 Å². The predicted molar refractivity (Wildman–Crippen MR) is 43.0 cm³/mol. The minimum absolute atomic E-state index is 0.0520. The normalized spacial score (nSPS) is 10.8. The molecule has 0 radical (unpaired) electrons. The smallest absolute Gasteiger partial charge is 0.328 e. The van der Waals surface area contributed by atoms with Crippen molar-refractivity contribution >= 4 is 12.0 Å². The highest BCUT2D eigenvalue weighted by Crippen LogP contribution is 2.14. The van der Waals surface area contributed by atoms with Gasteiger partial charge < -0.3 is 5.11 Å². The maximum atomic E-state index is 12.6. The molecule has 0 aromatic heterocycles. The summed E-state index contributed by atoms with van der Waals surface area (Å²) in [7, 11) is 0. The Morgan fingerprint density at radius 3 is 2.14 bits per heavy atom. The van der Waals surface area contributed by atoms with Gasteiger partial charge in [-0.2, -0.15) is 0 Å². The SMILES string of the molecule is O=C(O)/C=C\c1cc(F)c(F)c(F)c1. The van der Waals surface area contributed by atoms with Crippen molar-refractivity contribution in [3.63, 3.8) is 0 Å². The van der Waals surface area contributed by atoms with E-state index in [0.29, 0.717) is 18.2 Å². The quantitative estimate of drug-likeness (QED) is 0.589. The minimum Gasteiger partial charge on any atom is -0.478 e. The standard InChI is InChI=1S/C9H5F3O2/c10-6-3-5(1-2-8(13)14)4-7(11)9(6)12/h1-4H,(H,13,14)/b2-1-. The van der Waals surface area contributed by atoms with Crippen molar-refractivity contribution in [2.24, 2.45) is 0 Å². The lowest BCUT2D eigenvalue weighted by Crippen LogP contribution is -1.92. The maximum Gasteiger partial charge on any atom is 0.328 e. The third-order valence-electron chi connectivity index (χ3n) is 1.42. The van der Waals surface area contributed by atoms with Crippen LogP contribution in [0.25, 0.3) is 6.08 Å². The van der Waals surface area contributed by atoms with Gasteiger partial charge in [0.2, 0.25) is 0 Å². The van der Waals surface area contributed by atoms with Gasteiger partial charge in [0.1, 0.15) is 0 Å². The Balaban J connectivity index is 3.07. The summed E-state index contributed by atoms with van der Waals surface area (Å²) in [5.41, 5.74) is -0.0520. The van der Waals surface area contributed by atoms with Gasteiger partial charge in [-0.1, -0.05) is 0 Å². The summed E-state index contributed by atoms with van der Waals surface area (Å²) in [5, 5.41) is 8.22. The molecule has 0 spiro atoms. The van der Waals surface area contributed by atoms with E-state index in [0.717, 1.165) is 6.08 Å². The highest BCUT2D eigenvalue weighted by atomic mass is 19.2. The van der Waals surface area contributed by atoms with E-state index in [-0.39, 0.29) is 5.56 Å². The summed E-state index contributed by atoms with van der Waals surface area (Å²) in [6.45, 7) is 0. The summed E-state index contributed by atoms with van der Waals surface area (Å²) in [5.74, 6) is -5.53. The monoisotopic (exact) mass is 202 g/mol. The van der Waals surface area contributed by atoms with Crippen LogP contribution in [0.1, 0.15) is 5.56 Å². The largest absolute Gasteiger partial charge is 0.478 e. The van der Waals surface area contributed by atoms with Crippen LogP contribution >= 0.6 is 0 Å². The molecule has 0 saturated heterocycles. The summed E-state index contributed by atoms with van der Waals surface area (Å²) < 4.78 is 37.6. The number of hydrogen-bond acceptors (Lipinski definition) is 1. The van der Waals surface area contributed by atoms with E-state index in [4.69, 9.17) is 5.11 Å². The fourth-order valence-electron chi connectivity index (χ4n) is 0.839. The van der Waals surface area contributed by atoms with Gasteiger partial charge in [0.05, 0.1) is 0 Å². The lowest BCUT2D eigenvalue weighted by molar-refractivity contribution is -0.131. The van der Waals surface area contributed by atoms with Gasteiger partial charge in [0.15, 0.2) is 17.5 Å². The highest BCUT2D eigenvalue weighted by molar-refractivity contribution is 5.85. The number of aliphatic carboxylic acids is 1. The van der Waals surface area contributed by atoms with E-state index in [2.05, 4.69) is 0 Å². The Hall–Kier alpha value is -1.78. The molecule has 14 heavy (non-hydrogen) atoms. The first-order valence-electron chi connectivity index (χ1n) is 3.56. The van der Waals surface area contributed by atoms with Crippen LogP contribution < -0.4 is 0 Å². The summed E-state index contributed by atoms with van der Waals surface area (Å²) in [4.78, 5) is 10.1. The molecule has 1 aromatic rings. The predicted octanol–water partition coefficient (Wildman–Crippen LogP) is 2.20. The van der Waals surface area contributed by atoms with Gasteiger partial charge >= 0.3 is 5.97 Å². The first-order valence-corrected chi connectivity index (χ1v) is 3.56. The van der Waals surface area contributed by atoms with Crippen molar-refractivity contribution in [3.8, 4) is 0 Å². The molecule has 0 atom stereocenters. The second kappa shape index (κ2) is 3.95. The number of carboxylic acids is 1. The van der Waals surface area contributed by atoms with Crippen LogP contribution in [0.15, 0.2) is 18.2 Å². The van der Waals surface area contributed by atoms with E-state index in [9.17, 15) is 18.0 Å². The third-order valence-corrected chi connectivity index (χ3v) is 1.42. The van der Waals surface area contributed by atoms with Crippen molar-refractivity contribution in [2.45, 2.75) is 0 Å². The lowest BCUT2D eigenvalue weighted by Gasteiger charge is -1.97. The van der Waals surface area contributed by atoms with E-state index >= 15 is 0 Å². The average Bonchev–Trinajstić information content (AvgIpc) is 2.10. The Kier molecular flexibility index (Phi) is 2.91. The van der Waals surface area contributed by atoms with Crippen LogP contribution in [-0.4, -0.2) is 11.1 Å². The number of carbonyl (C=O) groups is 1. The molecule has 2 nitrogen and oxygen atoms in total. The lowest BCUT2D eigenvalue weighted by atomic mass is 10.2. The third kappa shape index (κ3) is 2.35. The number of rotatable bonds is 2. The van der Waals surface area contributed by atoms with E-state index in [1.807, 2.05) is 0 Å². The van der Waals surface area contributed by atoms with Crippen molar-refractivity contribution in [3.05, 3.63) is 41.2 Å². The van der Waals surface area contributed by atoms with E-state index in [1.54, 1.807) is 0 Å². The molecule has 0 aliphatic heterocycles. The molecule has 1 aromatic carbocycles. The van der Waals surface area contributed by atoms with Crippen LogP contribution in [-0.2, 0) is 4.79 Å². The van der Waals surface area contributed by atoms with Gasteiger partial charge in [0.25, 0.3) is 0 Å². The van der Waals surface area contributed by atoms with Gasteiger partial charge in [-0.05, 0) is 23.8 Å². The number of hydrogen-bond donors (Lipinski definition) is 1. The van der Waals surface area contributed by atoms with Gasteiger partial charge in [-0.3, -0.25) is 0 Å². The number of halogens is 3. The Bertz CT molecular complexity index is 376. The Labute approximate surface area is 77.3 Å². The number of benzene rings is 1. The van der Waals surface area contributed by atoms with E-state index < -0.39 is 23.4 Å². The van der Waals surface area contributed by atoms with Crippen LogP contribution in [0.3, 0.4) is 0 Å². The fourth-order valence-corrected chi connectivity index (χ4v) is 0.839. The van der Waals surface area contributed by atoms with Crippen molar-refractivity contribution < 1.29 is 23.1 Å². The zero-order chi connectivity index (χ0) is 10.7. The molecule has 0 aliphatic carbocycles. The molecule has 1 N–H and O–H groups in total. The molecule has 1 rings (SSSR count). The molecule has 0 bridgehead atoms. The molecular weight excluding hydrogens is 197 g/mol. The molecule has 0 saturated carbocycles. The second-order valence-electron chi connectivity index (χ2n) is 2.47. The van der Waals surface area contributed by atoms with Crippen LogP contribution in [0, 0.1) is 17.5 Å². The van der Waals surface area contributed by atoms with Gasteiger partial charge in [0, 0.05) is 6.08 Å². The molecule has 0 aliphatic rings. The Morgan fingerprint density at radius 1 is 1.21 bits per heavy atom. The fraction of sp³-hybridized carbons (Fsp3) is 0. The first-order chi connectivity index (χ1) is 6.50.